The summed E-state index contributed by atoms with van der Waals surface area (Å²) < 4.78 is 30.6. The summed E-state index contributed by atoms with van der Waals surface area (Å²) in [5.74, 6) is -0.702. The van der Waals surface area contributed by atoms with Gasteiger partial charge in [-0.15, -0.1) is 0 Å². The van der Waals surface area contributed by atoms with Gasteiger partial charge in [-0.2, -0.15) is 0 Å². The molecule has 0 aromatic rings. The maximum Gasteiger partial charge on any atom is 0.285 e. The van der Waals surface area contributed by atoms with E-state index in [-0.39, 0.29) is 12.2 Å². The molecule has 1 fully saturated rings. The average Bonchev–Trinajstić information content (AvgIpc) is 3.31. The fourth-order valence-electron chi connectivity index (χ4n) is 4.10. The van der Waals surface area contributed by atoms with Gasteiger partial charge in [0.05, 0.1) is 19.8 Å². The summed E-state index contributed by atoms with van der Waals surface area (Å²) in [7, 11) is 0. The van der Waals surface area contributed by atoms with E-state index in [9.17, 15) is 0 Å². The summed E-state index contributed by atoms with van der Waals surface area (Å²) in [6, 6.07) is 0. The van der Waals surface area contributed by atoms with Crippen LogP contribution in [0.5, 0.6) is 0 Å². The average molecular weight is 445 g/mol. The molecule has 1 saturated heterocycles. The molecule has 1 aliphatic heterocycles. The summed E-state index contributed by atoms with van der Waals surface area (Å²) in [5.41, 5.74) is 0. The lowest BCUT2D eigenvalue weighted by molar-refractivity contribution is -0.407. The van der Waals surface area contributed by atoms with Crippen LogP contribution in [0.2, 0.25) is 0 Å². The zero-order valence-corrected chi connectivity index (χ0v) is 21.1. The quantitative estimate of drug-likeness (QED) is 0.130. The maximum absolute atomic E-state index is 6.36. The van der Waals surface area contributed by atoms with Gasteiger partial charge >= 0.3 is 0 Å². The summed E-state index contributed by atoms with van der Waals surface area (Å²) >= 11 is 0. The summed E-state index contributed by atoms with van der Waals surface area (Å²) in [6.45, 7) is 12.2. The number of ether oxygens (including phenoxy) is 5. The van der Waals surface area contributed by atoms with E-state index in [1.165, 1.54) is 38.5 Å². The Morgan fingerprint density at radius 2 is 1.29 bits per heavy atom. The van der Waals surface area contributed by atoms with E-state index in [4.69, 9.17) is 23.7 Å². The molecule has 0 aromatic carbocycles. The van der Waals surface area contributed by atoms with E-state index in [1.54, 1.807) is 0 Å². The highest BCUT2D eigenvalue weighted by Gasteiger charge is 2.42. The second-order valence-corrected chi connectivity index (χ2v) is 8.86. The molecule has 0 aromatic heterocycles. The van der Waals surface area contributed by atoms with E-state index in [1.807, 2.05) is 0 Å². The minimum atomic E-state index is -0.921. The molecule has 1 heterocycles. The molecule has 0 N–H and O–H groups in total. The highest BCUT2D eigenvalue weighted by molar-refractivity contribution is 4.74. The third kappa shape index (κ3) is 12.6. The fraction of sp³-hybridized carbons (Fsp3) is 1.00. The van der Waals surface area contributed by atoms with Gasteiger partial charge in [-0.3, -0.25) is 0 Å². The molecule has 0 aliphatic carbocycles. The van der Waals surface area contributed by atoms with Gasteiger partial charge in [0.15, 0.2) is 6.29 Å². The summed E-state index contributed by atoms with van der Waals surface area (Å²) in [6.07, 6.45) is 15.8. The normalized spacial score (nSPS) is 18.0. The topological polar surface area (TPSA) is 46.2 Å². The van der Waals surface area contributed by atoms with E-state index in [0.717, 1.165) is 64.6 Å². The van der Waals surface area contributed by atoms with E-state index in [2.05, 4.69) is 27.7 Å². The molecular weight excluding hydrogens is 392 g/mol. The molecule has 0 saturated carbocycles. The molecule has 186 valence electrons. The Bertz CT molecular complexity index is 362. The Balaban J connectivity index is 2.73. The van der Waals surface area contributed by atoms with Gasteiger partial charge < -0.3 is 23.7 Å². The maximum atomic E-state index is 6.36. The van der Waals surface area contributed by atoms with Gasteiger partial charge in [0, 0.05) is 25.6 Å². The first-order chi connectivity index (χ1) is 15.2. The van der Waals surface area contributed by atoms with Crippen LogP contribution >= 0.6 is 0 Å². The van der Waals surface area contributed by atoms with Crippen LogP contribution in [-0.4, -0.2) is 45.3 Å². The standard InChI is InChI=1S/C26H52O5/c1-5-9-10-11-12-13-16-24(17-14-22-27-25-18-15-23-28-25)26(29-19-6-2,30-20-7-3)31-21-8-4/h24-25H,5-23H2,1-4H3. The first-order valence-corrected chi connectivity index (χ1v) is 13.4. The van der Waals surface area contributed by atoms with Crippen molar-refractivity contribution >= 4 is 0 Å². The van der Waals surface area contributed by atoms with Crippen LogP contribution in [0, 0.1) is 5.92 Å². The van der Waals surface area contributed by atoms with Crippen LogP contribution < -0.4 is 0 Å². The minimum absolute atomic E-state index is 0.00852. The largest absolute Gasteiger partial charge is 0.353 e. The Morgan fingerprint density at radius 1 is 0.710 bits per heavy atom. The third-order valence-corrected chi connectivity index (χ3v) is 5.82. The van der Waals surface area contributed by atoms with Gasteiger partial charge in [0.25, 0.3) is 5.97 Å². The van der Waals surface area contributed by atoms with Crippen molar-refractivity contribution in [1.29, 1.82) is 0 Å². The molecule has 2 unspecified atom stereocenters. The number of rotatable bonds is 22. The molecule has 0 amide bonds. The van der Waals surface area contributed by atoms with E-state index >= 15 is 0 Å². The Morgan fingerprint density at radius 3 is 1.84 bits per heavy atom. The predicted octanol–water partition coefficient (Wildman–Crippen LogP) is 7.22. The Kier molecular flexibility index (Phi) is 17.9. The monoisotopic (exact) mass is 444 g/mol. The van der Waals surface area contributed by atoms with Crippen molar-refractivity contribution in [1.82, 2.24) is 0 Å². The lowest BCUT2D eigenvalue weighted by Gasteiger charge is -2.40. The molecule has 5 heteroatoms. The molecule has 0 spiro atoms. The SMILES string of the molecule is CCCCCCCCC(CCCOC1CCCO1)C(OCCC)(OCCC)OCCC. The van der Waals surface area contributed by atoms with Crippen molar-refractivity contribution in [3.63, 3.8) is 0 Å². The van der Waals surface area contributed by atoms with Crippen LogP contribution in [0.4, 0.5) is 0 Å². The Hall–Kier alpha value is -0.200. The molecule has 31 heavy (non-hydrogen) atoms. The zero-order valence-electron chi connectivity index (χ0n) is 21.1. The van der Waals surface area contributed by atoms with Gasteiger partial charge in [-0.1, -0.05) is 66.2 Å². The molecule has 1 rings (SSSR count). The van der Waals surface area contributed by atoms with Crippen molar-refractivity contribution in [2.45, 2.75) is 130 Å². The molecule has 5 nitrogen and oxygen atoms in total. The molecule has 2 atom stereocenters. The summed E-state index contributed by atoms with van der Waals surface area (Å²) in [5, 5.41) is 0. The van der Waals surface area contributed by atoms with Gasteiger partial charge in [-0.05, 0) is 44.9 Å². The second kappa shape index (κ2) is 19.3. The fourth-order valence-corrected chi connectivity index (χ4v) is 4.10. The lowest BCUT2D eigenvalue weighted by Crippen LogP contribution is -2.47. The highest BCUT2D eigenvalue weighted by atomic mass is 16.9. The molecular formula is C26H52O5. The first kappa shape index (κ1) is 28.8. The molecule has 1 aliphatic rings. The van der Waals surface area contributed by atoms with Crippen molar-refractivity contribution in [3.8, 4) is 0 Å². The van der Waals surface area contributed by atoms with Crippen molar-refractivity contribution in [2.24, 2.45) is 5.92 Å². The first-order valence-electron chi connectivity index (χ1n) is 13.4. The molecule has 0 bridgehead atoms. The number of hydrogen-bond acceptors (Lipinski definition) is 5. The van der Waals surface area contributed by atoms with Crippen LogP contribution in [0.15, 0.2) is 0 Å². The zero-order chi connectivity index (χ0) is 22.6. The van der Waals surface area contributed by atoms with Crippen LogP contribution in [0.25, 0.3) is 0 Å². The molecule has 0 radical (unpaired) electrons. The van der Waals surface area contributed by atoms with E-state index < -0.39 is 5.97 Å². The van der Waals surface area contributed by atoms with Crippen LogP contribution in [0.3, 0.4) is 0 Å². The minimum Gasteiger partial charge on any atom is -0.353 e. The summed E-state index contributed by atoms with van der Waals surface area (Å²) in [4.78, 5) is 0. The Labute approximate surface area is 192 Å². The van der Waals surface area contributed by atoms with Gasteiger partial charge in [-0.25, -0.2) is 0 Å². The lowest BCUT2D eigenvalue weighted by atomic mass is 9.93. The van der Waals surface area contributed by atoms with Crippen molar-refractivity contribution < 1.29 is 23.7 Å². The van der Waals surface area contributed by atoms with Gasteiger partial charge in [0.1, 0.15) is 0 Å². The van der Waals surface area contributed by atoms with Crippen molar-refractivity contribution in [2.75, 3.05) is 33.0 Å². The number of hydrogen-bond donors (Lipinski definition) is 0. The predicted molar refractivity (Wildman–Crippen MR) is 127 cm³/mol. The van der Waals surface area contributed by atoms with Crippen LogP contribution in [-0.2, 0) is 23.7 Å². The van der Waals surface area contributed by atoms with Crippen LogP contribution in [0.1, 0.15) is 118 Å². The smallest absolute Gasteiger partial charge is 0.285 e. The third-order valence-electron chi connectivity index (χ3n) is 5.82. The van der Waals surface area contributed by atoms with Crippen molar-refractivity contribution in [3.05, 3.63) is 0 Å². The highest BCUT2D eigenvalue weighted by Crippen LogP contribution is 2.35. The number of unbranched alkanes of at least 4 members (excludes halogenated alkanes) is 5. The second-order valence-electron chi connectivity index (χ2n) is 8.86. The van der Waals surface area contributed by atoms with E-state index in [0.29, 0.717) is 19.8 Å². The van der Waals surface area contributed by atoms with Gasteiger partial charge in [0.2, 0.25) is 0 Å².